The van der Waals surface area contributed by atoms with Gasteiger partial charge in [-0.3, -0.25) is 9.89 Å². The number of amides is 1. The van der Waals surface area contributed by atoms with E-state index >= 15 is 0 Å². The van der Waals surface area contributed by atoms with Crippen LogP contribution in [-0.4, -0.2) is 40.5 Å². The second-order valence-electron chi connectivity index (χ2n) is 5.35. The number of nitrogens with one attached hydrogen (secondary N) is 1. The van der Waals surface area contributed by atoms with Gasteiger partial charge in [-0.05, 0) is 36.6 Å². The van der Waals surface area contributed by atoms with Crippen LogP contribution in [0.3, 0.4) is 0 Å². The van der Waals surface area contributed by atoms with Crippen molar-refractivity contribution in [3.63, 3.8) is 0 Å². The maximum atomic E-state index is 12.6. The van der Waals surface area contributed by atoms with Gasteiger partial charge in [-0.15, -0.1) is 5.10 Å². The van der Waals surface area contributed by atoms with E-state index in [-0.39, 0.29) is 5.91 Å². The van der Waals surface area contributed by atoms with Crippen molar-refractivity contribution >= 4 is 23.4 Å². The van der Waals surface area contributed by atoms with Gasteiger partial charge in [0.25, 0.3) is 0 Å². The van der Waals surface area contributed by atoms with Crippen LogP contribution >= 0.6 is 11.8 Å². The van der Waals surface area contributed by atoms with Gasteiger partial charge in [0, 0.05) is 18.7 Å². The van der Waals surface area contributed by atoms with Crippen LogP contribution in [0.4, 0.5) is 5.69 Å². The smallest absolute Gasteiger partial charge is 0.237 e. The Labute approximate surface area is 139 Å². The summed E-state index contributed by atoms with van der Waals surface area (Å²) in [6.07, 6.45) is 2.75. The Balaban J connectivity index is 1.68. The zero-order chi connectivity index (χ0) is 16.2. The molecule has 1 aliphatic heterocycles. The second-order valence-corrected chi connectivity index (χ2v) is 6.29. The fraction of sp³-hybridized carbons (Fsp3) is 0.438. The maximum Gasteiger partial charge on any atom is 0.237 e. The first kappa shape index (κ1) is 15.9. The van der Waals surface area contributed by atoms with Crippen LogP contribution in [0.25, 0.3) is 0 Å². The summed E-state index contributed by atoms with van der Waals surface area (Å²) in [5.74, 6) is 2.10. The van der Waals surface area contributed by atoms with Gasteiger partial charge in [0.2, 0.25) is 11.1 Å². The molecule has 1 aromatic carbocycles. The minimum Gasteiger partial charge on any atom is -0.497 e. The van der Waals surface area contributed by atoms with E-state index < -0.39 is 0 Å². The number of aromatic amines is 1. The number of H-pyrrole nitrogens is 1. The van der Waals surface area contributed by atoms with Crippen LogP contribution in [0, 0.1) is 0 Å². The van der Waals surface area contributed by atoms with E-state index in [0.29, 0.717) is 10.9 Å². The van der Waals surface area contributed by atoms with E-state index in [9.17, 15) is 4.79 Å². The Bertz CT molecular complexity index is 701. The van der Waals surface area contributed by atoms with Crippen molar-refractivity contribution in [1.82, 2.24) is 15.2 Å². The van der Waals surface area contributed by atoms with Gasteiger partial charge in [-0.1, -0.05) is 18.7 Å². The number of hydrogen-bond acceptors (Lipinski definition) is 5. The van der Waals surface area contributed by atoms with E-state index in [1.165, 1.54) is 17.3 Å². The molecule has 122 valence electrons. The fourth-order valence-corrected chi connectivity index (χ4v) is 3.36. The lowest BCUT2D eigenvalue weighted by Gasteiger charge is -2.29. The molecule has 6 nitrogen and oxygen atoms in total. The average molecular weight is 332 g/mol. The number of nitrogens with zero attached hydrogens (tertiary/aromatic N) is 3. The van der Waals surface area contributed by atoms with Crippen molar-refractivity contribution in [2.45, 2.75) is 31.3 Å². The van der Waals surface area contributed by atoms with Crippen LogP contribution < -0.4 is 9.64 Å². The van der Waals surface area contributed by atoms with Gasteiger partial charge in [-0.25, -0.2) is 4.98 Å². The molecule has 23 heavy (non-hydrogen) atoms. The Hall–Kier alpha value is -2.02. The van der Waals surface area contributed by atoms with Gasteiger partial charge >= 0.3 is 0 Å². The SMILES string of the molecule is CCc1nc(SCC(=O)N2CCCc3cc(OC)ccc32)n[nH]1. The Kier molecular flexibility index (Phi) is 4.85. The molecule has 0 bridgehead atoms. The van der Waals surface area contributed by atoms with Gasteiger partial charge in [0.05, 0.1) is 12.9 Å². The first-order valence-corrected chi connectivity index (χ1v) is 8.71. The van der Waals surface area contributed by atoms with E-state index in [4.69, 9.17) is 4.74 Å². The maximum absolute atomic E-state index is 12.6. The summed E-state index contributed by atoms with van der Waals surface area (Å²) >= 11 is 1.37. The number of hydrogen-bond donors (Lipinski definition) is 1. The van der Waals surface area contributed by atoms with Crippen LogP contribution in [0.15, 0.2) is 23.4 Å². The molecule has 0 unspecified atom stereocenters. The number of carbonyl (C=O) groups is 1. The number of anilines is 1. The molecule has 0 saturated carbocycles. The summed E-state index contributed by atoms with van der Waals surface area (Å²) < 4.78 is 5.27. The Morgan fingerprint density at radius 2 is 2.35 bits per heavy atom. The third-order valence-corrected chi connectivity index (χ3v) is 4.71. The molecule has 2 heterocycles. The zero-order valence-corrected chi connectivity index (χ0v) is 14.2. The second kappa shape index (κ2) is 7.04. The molecule has 0 fully saturated rings. The first-order chi connectivity index (χ1) is 11.2. The molecular formula is C16H20N4O2S. The highest BCUT2D eigenvalue weighted by atomic mass is 32.2. The van der Waals surface area contributed by atoms with E-state index in [0.717, 1.165) is 43.1 Å². The zero-order valence-electron chi connectivity index (χ0n) is 13.3. The van der Waals surface area contributed by atoms with E-state index in [1.54, 1.807) is 7.11 Å². The summed E-state index contributed by atoms with van der Waals surface area (Å²) in [7, 11) is 1.66. The predicted molar refractivity (Wildman–Crippen MR) is 90.2 cm³/mol. The Morgan fingerprint density at radius 3 is 3.09 bits per heavy atom. The largest absolute Gasteiger partial charge is 0.497 e. The third-order valence-electron chi connectivity index (χ3n) is 3.88. The fourth-order valence-electron chi connectivity index (χ4n) is 2.66. The molecule has 0 spiro atoms. The quantitative estimate of drug-likeness (QED) is 0.852. The number of thioether (sulfide) groups is 1. The van der Waals surface area contributed by atoms with E-state index in [2.05, 4.69) is 15.2 Å². The van der Waals surface area contributed by atoms with Crippen molar-refractivity contribution in [2.24, 2.45) is 0 Å². The molecule has 1 aliphatic rings. The van der Waals surface area contributed by atoms with Gasteiger partial charge in [0.1, 0.15) is 11.6 Å². The number of ether oxygens (including phenoxy) is 1. The molecule has 0 saturated heterocycles. The molecule has 7 heteroatoms. The highest BCUT2D eigenvalue weighted by Gasteiger charge is 2.23. The lowest BCUT2D eigenvalue weighted by atomic mass is 10.0. The lowest BCUT2D eigenvalue weighted by Crippen LogP contribution is -2.36. The lowest BCUT2D eigenvalue weighted by molar-refractivity contribution is -0.116. The number of methoxy groups -OCH3 is 1. The van der Waals surface area contributed by atoms with Gasteiger partial charge in [-0.2, -0.15) is 0 Å². The molecular weight excluding hydrogens is 312 g/mol. The van der Waals surface area contributed by atoms with Gasteiger partial charge in [0.15, 0.2) is 0 Å². The highest BCUT2D eigenvalue weighted by Crippen LogP contribution is 2.31. The van der Waals surface area contributed by atoms with Crippen molar-refractivity contribution in [3.8, 4) is 5.75 Å². The predicted octanol–water partition coefficient (Wildman–Crippen LogP) is 2.45. The van der Waals surface area contributed by atoms with Crippen LogP contribution in [0.5, 0.6) is 5.75 Å². The number of fused-ring (bicyclic) bond motifs is 1. The summed E-state index contributed by atoms with van der Waals surface area (Å²) in [5, 5.41) is 7.60. The van der Waals surface area contributed by atoms with Crippen molar-refractivity contribution in [2.75, 3.05) is 24.3 Å². The molecule has 3 rings (SSSR count). The number of rotatable bonds is 5. The number of carbonyl (C=O) groups excluding carboxylic acids is 1. The Morgan fingerprint density at radius 1 is 1.48 bits per heavy atom. The van der Waals surface area contributed by atoms with E-state index in [1.807, 2.05) is 30.0 Å². The monoisotopic (exact) mass is 332 g/mol. The third kappa shape index (κ3) is 3.50. The van der Waals surface area contributed by atoms with Crippen molar-refractivity contribution in [3.05, 3.63) is 29.6 Å². The minimum atomic E-state index is 0.0870. The molecule has 1 N–H and O–H groups in total. The molecule has 0 radical (unpaired) electrons. The van der Waals surface area contributed by atoms with Gasteiger partial charge < -0.3 is 9.64 Å². The molecule has 0 atom stereocenters. The normalized spacial score (nSPS) is 13.7. The van der Waals surface area contributed by atoms with Crippen LogP contribution in [-0.2, 0) is 17.6 Å². The average Bonchev–Trinajstić information content (AvgIpc) is 3.06. The van der Waals surface area contributed by atoms with Crippen LogP contribution in [0.2, 0.25) is 0 Å². The molecule has 1 aromatic heterocycles. The standard InChI is InChI=1S/C16H20N4O2S/c1-3-14-17-16(19-18-14)23-10-15(21)20-8-4-5-11-9-12(22-2)6-7-13(11)20/h6-7,9H,3-5,8,10H2,1-2H3,(H,17,18,19). The molecule has 2 aromatic rings. The molecule has 0 aliphatic carbocycles. The first-order valence-electron chi connectivity index (χ1n) is 7.72. The molecule has 1 amide bonds. The van der Waals surface area contributed by atoms with Crippen LogP contribution in [0.1, 0.15) is 24.7 Å². The summed E-state index contributed by atoms with van der Waals surface area (Å²) in [6.45, 7) is 2.77. The summed E-state index contributed by atoms with van der Waals surface area (Å²) in [4.78, 5) is 18.8. The number of benzene rings is 1. The number of aromatic nitrogens is 3. The topological polar surface area (TPSA) is 71.1 Å². The summed E-state index contributed by atoms with van der Waals surface area (Å²) in [6, 6.07) is 5.89. The number of aryl methyl sites for hydroxylation is 2. The minimum absolute atomic E-state index is 0.0870. The van der Waals surface area contributed by atoms with Crippen molar-refractivity contribution < 1.29 is 9.53 Å². The highest BCUT2D eigenvalue weighted by molar-refractivity contribution is 7.99. The van der Waals surface area contributed by atoms with Crippen molar-refractivity contribution in [1.29, 1.82) is 0 Å². The summed E-state index contributed by atoms with van der Waals surface area (Å²) in [5.41, 5.74) is 2.16.